The number of hydrogen-bond acceptors (Lipinski definition) is 2. The van der Waals surface area contributed by atoms with Crippen LogP contribution in [-0.2, 0) is 6.42 Å². The van der Waals surface area contributed by atoms with Crippen molar-refractivity contribution < 1.29 is 9.13 Å². The first-order chi connectivity index (χ1) is 8.76. The van der Waals surface area contributed by atoms with Gasteiger partial charge in [0.05, 0.1) is 0 Å². The fraction of sp³-hybridized carbons (Fsp3) is 0.571. The minimum absolute atomic E-state index is 0.144. The van der Waals surface area contributed by atoms with E-state index in [1.807, 2.05) is 0 Å². The van der Waals surface area contributed by atoms with E-state index < -0.39 is 0 Å². The average Bonchev–Trinajstić information content (AvgIpc) is 2.94. The first kappa shape index (κ1) is 12.2. The first-order valence-electron chi connectivity index (χ1n) is 6.51. The quantitative estimate of drug-likeness (QED) is 0.783. The molecule has 2 aliphatic heterocycles. The van der Waals surface area contributed by atoms with Gasteiger partial charge < -0.3 is 4.74 Å². The van der Waals surface area contributed by atoms with Gasteiger partial charge >= 0.3 is 0 Å². The molecule has 4 heteroatoms. The van der Waals surface area contributed by atoms with Gasteiger partial charge in [0, 0.05) is 30.5 Å². The van der Waals surface area contributed by atoms with Crippen molar-refractivity contribution in [1.82, 2.24) is 4.90 Å². The summed E-state index contributed by atoms with van der Waals surface area (Å²) in [5, 5.41) is 0. The molecule has 1 fully saturated rings. The van der Waals surface area contributed by atoms with Gasteiger partial charge in [0.1, 0.15) is 17.7 Å². The summed E-state index contributed by atoms with van der Waals surface area (Å²) in [5.41, 5.74) is 0.988. The molecule has 0 bridgehead atoms. The summed E-state index contributed by atoms with van der Waals surface area (Å²) < 4.78 is 19.0. The molecule has 2 atom stereocenters. The molecule has 0 aromatic heterocycles. The molecule has 0 aliphatic carbocycles. The predicted molar refractivity (Wildman–Crippen MR) is 69.8 cm³/mol. The van der Waals surface area contributed by atoms with E-state index in [0.29, 0.717) is 11.9 Å². The molecule has 98 valence electrons. The van der Waals surface area contributed by atoms with Crippen LogP contribution in [0.25, 0.3) is 0 Å². The van der Waals surface area contributed by atoms with Gasteiger partial charge in [-0.05, 0) is 37.6 Å². The molecule has 2 heterocycles. The molecule has 0 amide bonds. The third-order valence-electron chi connectivity index (χ3n) is 3.88. The summed E-state index contributed by atoms with van der Waals surface area (Å²) in [6.45, 7) is 2.00. The summed E-state index contributed by atoms with van der Waals surface area (Å²) in [5.74, 6) is 1.34. The number of ether oxygens (including phenoxy) is 1. The maximum Gasteiger partial charge on any atom is 0.123 e. The van der Waals surface area contributed by atoms with Crippen LogP contribution in [0, 0.1) is 5.82 Å². The molecule has 1 saturated heterocycles. The van der Waals surface area contributed by atoms with Gasteiger partial charge in [0.15, 0.2) is 0 Å². The Labute approximate surface area is 112 Å². The summed E-state index contributed by atoms with van der Waals surface area (Å²) in [7, 11) is 0. The Balaban J connectivity index is 1.64. The molecule has 3 rings (SSSR count). The highest BCUT2D eigenvalue weighted by atomic mass is 35.5. The van der Waals surface area contributed by atoms with Crippen LogP contribution in [0.15, 0.2) is 18.2 Å². The van der Waals surface area contributed by atoms with Gasteiger partial charge in [0.2, 0.25) is 0 Å². The fourth-order valence-electron chi connectivity index (χ4n) is 2.96. The Bertz CT molecular complexity index is 440. The second-order valence-corrected chi connectivity index (χ2v) is 5.45. The number of halogens is 2. The van der Waals surface area contributed by atoms with Gasteiger partial charge in [0.25, 0.3) is 0 Å². The van der Waals surface area contributed by atoms with E-state index in [0.717, 1.165) is 30.8 Å². The highest BCUT2D eigenvalue weighted by Gasteiger charge is 2.30. The Morgan fingerprint density at radius 3 is 3.17 bits per heavy atom. The fourth-order valence-corrected chi connectivity index (χ4v) is 3.31. The van der Waals surface area contributed by atoms with Gasteiger partial charge in [-0.15, -0.1) is 11.6 Å². The zero-order chi connectivity index (χ0) is 12.5. The number of benzene rings is 1. The Morgan fingerprint density at radius 2 is 2.33 bits per heavy atom. The van der Waals surface area contributed by atoms with E-state index in [1.54, 1.807) is 12.1 Å². The highest BCUT2D eigenvalue weighted by Crippen LogP contribution is 2.30. The van der Waals surface area contributed by atoms with Gasteiger partial charge in [-0.2, -0.15) is 0 Å². The summed E-state index contributed by atoms with van der Waals surface area (Å²) in [4.78, 5) is 2.40. The molecule has 0 saturated carbocycles. The van der Waals surface area contributed by atoms with E-state index in [2.05, 4.69) is 4.90 Å². The molecule has 2 unspecified atom stereocenters. The minimum Gasteiger partial charge on any atom is -0.488 e. The number of nitrogens with zero attached hydrogens (tertiary/aromatic N) is 1. The zero-order valence-electron chi connectivity index (χ0n) is 10.2. The molecule has 1 aromatic carbocycles. The molecule has 2 nitrogen and oxygen atoms in total. The van der Waals surface area contributed by atoms with Crippen LogP contribution in [0.2, 0.25) is 0 Å². The van der Waals surface area contributed by atoms with E-state index in [9.17, 15) is 4.39 Å². The number of rotatable bonds is 3. The second kappa shape index (κ2) is 5.06. The Morgan fingerprint density at radius 1 is 1.44 bits per heavy atom. The zero-order valence-corrected chi connectivity index (χ0v) is 11.0. The van der Waals surface area contributed by atoms with Crippen LogP contribution < -0.4 is 4.74 Å². The summed E-state index contributed by atoms with van der Waals surface area (Å²) >= 11 is 5.97. The average molecular weight is 270 g/mol. The van der Waals surface area contributed by atoms with Crippen molar-refractivity contribution in [2.75, 3.05) is 19.0 Å². The minimum atomic E-state index is -0.183. The lowest BCUT2D eigenvalue weighted by Gasteiger charge is -2.25. The van der Waals surface area contributed by atoms with Crippen LogP contribution >= 0.6 is 11.6 Å². The largest absolute Gasteiger partial charge is 0.488 e. The summed E-state index contributed by atoms with van der Waals surface area (Å²) in [6, 6.07) is 5.25. The van der Waals surface area contributed by atoms with Gasteiger partial charge in [-0.3, -0.25) is 4.90 Å². The third kappa shape index (κ3) is 2.34. The van der Waals surface area contributed by atoms with E-state index in [4.69, 9.17) is 16.3 Å². The SMILES string of the molecule is Fc1ccc2c(c1)CC(CN1CCCC1CCl)O2. The van der Waals surface area contributed by atoms with Crippen molar-refractivity contribution in [2.45, 2.75) is 31.4 Å². The first-order valence-corrected chi connectivity index (χ1v) is 7.05. The van der Waals surface area contributed by atoms with E-state index >= 15 is 0 Å². The molecule has 2 aliphatic rings. The molecular formula is C14H17ClFNO. The van der Waals surface area contributed by atoms with Crippen LogP contribution in [0.3, 0.4) is 0 Å². The maximum atomic E-state index is 13.1. The maximum absolute atomic E-state index is 13.1. The van der Waals surface area contributed by atoms with Crippen molar-refractivity contribution in [3.8, 4) is 5.75 Å². The van der Waals surface area contributed by atoms with Crippen LogP contribution in [0.1, 0.15) is 18.4 Å². The van der Waals surface area contributed by atoms with Crippen LogP contribution in [0.5, 0.6) is 5.75 Å². The third-order valence-corrected chi connectivity index (χ3v) is 4.24. The van der Waals surface area contributed by atoms with Crippen molar-refractivity contribution in [3.63, 3.8) is 0 Å². The number of fused-ring (bicyclic) bond motifs is 1. The topological polar surface area (TPSA) is 12.5 Å². The molecule has 18 heavy (non-hydrogen) atoms. The molecular weight excluding hydrogens is 253 g/mol. The molecule has 1 aromatic rings. The van der Waals surface area contributed by atoms with E-state index in [1.165, 1.54) is 18.9 Å². The normalized spacial score (nSPS) is 27.2. The van der Waals surface area contributed by atoms with Crippen molar-refractivity contribution in [1.29, 1.82) is 0 Å². The van der Waals surface area contributed by atoms with Crippen molar-refractivity contribution in [3.05, 3.63) is 29.6 Å². The lowest BCUT2D eigenvalue weighted by molar-refractivity contribution is 0.147. The molecule has 0 N–H and O–H groups in total. The Hall–Kier alpha value is -0.800. The number of alkyl halides is 1. The number of likely N-dealkylation sites (tertiary alicyclic amines) is 1. The standard InChI is InChI=1S/C14H17ClFNO/c15-8-12-2-1-5-17(12)9-13-7-10-6-11(16)3-4-14(10)18-13/h3-4,6,12-13H,1-2,5,7-9H2. The molecule has 0 spiro atoms. The Kier molecular flexibility index (Phi) is 3.44. The number of hydrogen-bond donors (Lipinski definition) is 0. The molecule has 0 radical (unpaired) electrons. The van der Waals surface area contributed by atoms with Crippen LogP contribution in [0.4, 0.5) is 4.39 Å². The second-order valence-electron chi connectivity index (χ2n) is 5.14. The highest BCUT2D eigenvalue weighted by molar-refractivity contribution is 6.18. The van der Waals surface area contributed by atoms with Gasteiger partial charge in [-0.25, -0.2) is 4.39 Å². The predicted octanol–water partition coefficient (Wildman–Crippen LogP) is 2.83. The smallest absolute Gasteiger partial charge is 0.123 e. The summed E-state index contributed by atoms with van der Waals surface area (Å²) in [6.07, 6.45) is 3.34. The van der Waals surface area contributed by atoms with Gasteiger partial charge in [-0.1, -0.05) is 0 Å². The van der Waals surface area contributed by atoms with Crippen molar-refractivity contribution >= 4 is 11.6 Å². The lowest BCUT2D eigenvalue weighted by atomic mass is 10.1. The van der Waals surface area contributed by atoms with Crippen LogP contribution in [-0.4, -0.2) is 36.0 Å². The van der Waals surface area contributed by atoms with Crippen molar-refractivity contribution in [2.24, 2.45) is 0 Å². The van der Waals surface area contributed by atoms with E-state index in [-0.39, 0.29) is 11.9 Å². The lowest BCUT2D eigenvalue weighted by Crippen LogP contribution is -2.38. The monoisotopic (exact) mass is 269 g/mol.